The maximum atomic E-state index is 9.85. The van der Waals surface area contributed by atoms with Crippen LogP contribution >= 0.6 is 0 Å². The van der Waals surface area contributed by atoms with Gasteiger partial charge in [0.15, 0.2) is 0 Å². The number of carbonyl (C=O) groups is 1. The standard InChI is InChI=1S/C3H7NO2.3C2H6.CH4O.CH4.2H2O.2H2/c1-4-3(5)6-2;4*1-2;;;;;/h1-2H3,(H,4,5);3*1-2H3;2H,1H3;1H4;2*1H2;2*1H/i;;;;;;;;1+2T;1+2. The first kappa shape index (κ1) is 44.3. The predicted molar refractivity (Wildman–Crippen MR) is 81.8 cm³/mol. The van der Waals surface area contributed by atoms with E-state index in [1.165, 1.54) is 14.2 Å². The van der Waals surface area contributed by atoms with E-state index in [2.05, 4.69) is 10.1 Å². The van der Waals surface area contributed by atoms with Gasteiger partial charge in [-0.15, -0.1) is 0 Å². The predicted octanol–water partition coefficient (Wildman–Crippen LogP) is 2.14. The Hall–Kier alpha value is -0.850. The number of rotatable bonds is 0. The van der Waals surface area contributed by atoms with Crippen LogP contribution < -0.4 is 5.32 Å². The highest BCUT2D eigenvalue weighted by atomic mass is 16.5. The first-order valence-electron chi connectivity index (χ1n) is 6.01. The van der Waals surface area contributed by atoms with Crippen molar-refractivity contribution >= 4 is 6.09 Å². The molecule has 0 unspecified atom stereocenters. The summed E-state index contributed by atoms with van der Waals surface area (Å²) in [6.45, 7) is 12.0. The van der Waals surface area contributed by atoms with E-state index in [1.807, 2.05) is 41.5 Å². The van der Waals surface area contributed by atoms with Crippen LogP contribution in [0.4, 0.5) is 4.79 Å². The fourth-order valence-corrected chi connectivity index (χ4v) is 0.102. The average Bonchev–Trinajstić information content (AvgIpc) is 2.48. The Bertz CT molecular complexity index is 70.0. The first-order chi connectivity index (χ1) is 7.81. The van der Waals surface area contributed by atoms with Crippen molar-refractivity contribution in [2.45, 2.75) is 49.0 Å². The molecular formula is C11H41NO5. The zero-order valence-corrected chi connectivity index (χ0v) is 12.3. The number of nitrogens with one attached hydrogen (secondary N) is 1. The normalized spacial score (nSPS) is 4.35. The third-order valence-electron chi connectivity index (χ3n) is 0.390. The minimum absolute atomic E-state index is 0. The Morgan fingerprint density at radius 3 is 1.24 bits per heavy atom. The number of hydrogen-bond donors (Lipinski definition) is 2. The zero-order chi connectivity index (χ0) is 15.0. The molecule has 1 amide bonds. The molecule has 0 aromatic heterocycles. The molecule has 0 aliphatic heterocycles. The van der Waals surface area contributed by atoms with E-state index in [4.69, 9.17) is 8.08 Å². The highest BCUT2D eigenvalue weighted by Crippen LogP contribution is 1.62. The van der Waals surface area contributed by atoms with Gasteiger partial charge in [-0.25, -0.2) is 4.79 Å². The van der Waals surface area contributed by atoms with Crippen LogP contribution in [0.5, 0.6) is 0 Å². The molecule has 0 saturated heterocycles. The van der Waals surface area contributed by atoms with Gasteiger partial charge in [-0.05, 0) is 0 Å². The second-order valence-corrected chi connectivity index (χ2v) is 0.742. The second-order valence-electron chi connectivity index (χ2n) is 0.742. The van der Waals surface area contributed by atoms with Crippen LogP contribution in [-0.4, -0.2) is 43.4 Å². The molecular weight excluding hydrogens is 226 g/mol. The fraction of sp³-hybridized carbons (Fsp3) is 0.909. The number of ether oxygens (including phenoxy) is 1. The largest absolute Gasteiger partial charge is 0.453 e. The molecule has 0 bridgehead atoms. The SMILES string of the molecule is C.CC.CC.CC.CNC(=O)OC.CO.O.O.[3HH].[3H][3H]. The van der Waals surface area contributed by atoms with E-state index in [0.717, 1.165) is 7.11 Å². The Labute approximate surface area is 113 Å². The van der Waals surface area contributed by atoms with Gasteiger partial charge in [0.25, 0.3) is 0 Å². The van der Waals surface area contributed by atoms with Crippen molar-refractivity contribution in [3.05, 3.63) is 0 Å². The highest BCUT2D eigenvalue weighted by molar-refractivity contribution is 5.66. The average molecular weight is 273 g/mol. The van der Waals surface area contributed by atoms with Crippen molar-refractivity contribution in [2.24, 2.45) is 0 Å². The summed E-state index contributed by atoms with van der Waals surface area (Å²) in [6.07, 6.45) is -0.407. The summed E-state index contributed by atoms with van der Waals surface area (Å²) >= 11 is 0. The van der Waals surface area contributed by atoms with Gasteiger partial charge in [0.05, 0.1) is 7.11 Å². The molecule has 0 saturated carbocycles. The summed E-state index contributed by atoms with van der Waals surface area (Å²) in [5.41, 5.74) is 0. The summed E-state index contributed by atoms with van der Waals surface area (Å²) in [7, 11) is 3.82. The molecule has 6 nitrogen and oxygen atoms in total. The lowest BCUT2D eigenvalue weighted by molar-refractivity contribution is 0.173. The number of methoxy groups -OCH3 is 1. The molecule has 0 heterocycles. The van der Waals surface area contributed by atoms with E-state index in [1.54, 1.807) is 0 Å². The quantitative estimate of drug-likeness (QED) is 0.703. The van der Waals surface area contributed by atoms with Gasteiger partial charge in [-0.2, -0.15) is 0 Å². The molecule has 17 heavy (non-hydrogen) atoms. The molecule has 6 N–H and O–H groups in total. The number of carbonyl (C=O) groups excluding carboxylic acids is 1. The van der Waals surface area contributed by atoms with E-state index in [-0.39, 0.29) is 19.8 Å². The van der Waals surface area contributed by atoms with E-state index in [0.29, 0.717) is 0 Å². The lowest BCUT2D eigenvalue weighted by atomic mass is 11.0. The summed E-state index contributed by atoms with van der Waals surface area (Å²) < 4.78 is 14.1. The summed E-state index contributed by atoms with van der Waals surface area (Å²) in [5.74, 6) is 0. The summed E-state index contributed by atoms with van der Waals surface area (Å²) in [5, 5.41) is 9.25. The van der Waals surface area contributed by atoms with Gasteiger partial charge >= 0.3 is 6.09 Å². The molecule has 0 radical (unpaired) electrons. The highest BCUT2D eigenvalue weighted by Gasteiger charge is 1.85. The number of amides is 1. The lowest BCUT2D eigenvalue weighted by Gasteiger charge is -1.90. The van der Waals surface area contributed by atoms with Crippen LogP contribution in [0.15, 0.2) is 0 Å². The van der Waals surface area contributed by atoms with Crippen LogP contribution in [-0.2, 0) is 4.74 Å². The van der Waals surface area contributed by atoms with Gasteiger partial charge in [0.2, 0.25) is 0 Å². The number of alkyl carbamates (subject to hydrolysis) is 1. The van der Waals surface area contributed by atoms with Crippen molar-refractivity contribution in [1.29, 1.82) is 0 Å². The van der Waals surface area contributed by atoms with Crippen LogP contribution in [0.25, 0.3) is 0 Å². The van der Waals surface area contributed by atoms with Crippen molar-refractivity contribution in [1.82, 2.24) is 5.32 Å². The number of aliphatic hydroxyl groups excluding tert-OH is 1. The number of aliphatic hydroxyl groups is 1. The minimum atomic E-state index is -0.407. The molecule has 0 atom stereocenters. The fourth-order valence-electron chi connectivity index (χ4n) is 0.102. The smallest absolute Gasteiger partial charge is 0.406 e. The van der Waals surface area contributed by atoms with Crippen molar-refractivity contribution < 1.29 is 30.0 Å². The van der Waals surface area contributed by atoms with Crippen molar-refractivity contribution in [2.75, 3.05) is 21.3 Å². The molecule has 0 aromatic rings. The van der Waals surface area contributed by atoms with Gasteiger partial charge in [-0.3, -0.25) is 0 Å². The third-order valence-corrected chi connectivity index (χ3v) is 0.390. The Morgan fingerprint density at radius 1 is 1.06 bits per heavy atom. The van der Waals surface area contributed by atoms with Crippen LogP contribution in [0.2, 0.25) is 0 Å². The van der Waals surface area contributed by atoms with Crippen LogP contribution in [0.3, 0.4) is 0 Å². The molecule has 120 valence electrons. The third kappa shape index (κ3) is 264. The molecule has 0 rings (SSSR count). The first-order valence-corrected chi connectivity index (χ1v) is 5.01. The molecule has 0 aliphatic rings. The molecule has 0 fully saturated rings. The van der Waals surface area contributed by atoms with Crippen LogP contribution in [0, 0.1) is 0 Å². The second kappa shape index (κ2) is 176. The molecule has 0 spiro atoms. The monoisotopic (exact) mass is 273 g/mol. The van der Waals surface area contributed by atoms with Crippen LogP contribution in [0.1, 0.15) is 53.4 Å². The summed E-state index contributed by atoms with van der Waals surface area (Å²) in [4.78, 5) is 9.85. The topological polar surface area (TPSA) is 122 Å². The Morgan fingerprint density at radius 2 is 1.24 bits per heavy atom. The molecule has 0 aliphatic carbocycles. The molecule has 6 heteroatoms. The lowest BCUT2D eigenvalue weighted by Crippen LogP contribution is -2.16. The van der Waals surface area contributed by atoms with Gasteiger partial charge in [-0.1, -0.05) is 49.0 Å². The maximum absolute atomic E-state index is 9.85. The summed E-state index contributed by atoms with van der Waals surface area (Å²) in [6, 6.07) is 0. The van der Waals surface area contributed by atoms with Gasteiger partial charge in [0.1, 0.15) is 0 Å². The minimum Gasteiger partial charge on any atom is -0.453 e. The zero-order valence-electron chi connectivity index (χ0n) is 14.3. The van der Waals surface area contributed by atoms with E-state index < -0.39 is 6.09 Å². The molecule has 0 aromatic carbocycles. The Balaban J connectivity index is -0.00000000794. The Kier molecular flexibility index (Phi) is 459. The van der Waals surface area contributed by atoms with E-state index in [9.17, 15) is 4.79 Å². The number of hydrogen-bond acceptors (Lipinski definition) is 3. The van der Waals surface area contributed by atoms with Gasteiger partial charge < -0.3 is 26.1 Å². The van der Waals surface area contributed by atoms with Gasteiger partial charge in [0, 0.05) is 18.6 Å². The van der Waals surface area contributed by atoms with Crippen molar-refractivity contribution in [3.63, 3.8) is 0 Å². The van der Waals surface area contributed by atoms with Crippen molar-refractivity contribution in [3.8, 4) is 0 Å². The maximum Gasteiger partial charge on any atom is 0.406 e. The van der Waals surface area contributed by atoms with E-state index >= 15 is 0 Å².